The number of carbonyl (C=O) groups excluding carboxylic acids is 1. The van der Waals surface area contributed by atoms with E-state index >= 15 is 0 Å². The number of hydrogen-bond donors (Lipinski definition) is 1. The van der Waals surface area contributed by atoms with E-state index in [9.17, 15) is 4.79 Å². The summed E-state index contributed by atoms with van der Waals surface area (Å²) in [5, 5.41) is 4.00. The van der Waals surface area contributed by atoms with E-state index in [4.69, 9.17) is 0 Å². The van der Waals surface area contributed by atoms with Crippen LogP contribution < -0.4 is 5.32 Å². The van der Waals surface area contributed by atoms with E-state index in [0.717, 1.165) is 28.2 Å². The SMILES string of the molecule is O=C(Cc1ccc(Br)cc1)NC1(CBr)CCC1. The fraction of sp³-hybridized carbons (Fsp3) is 0.462. The van der Waals surface area contributed by atoms with Gasteiger partial charge in [-0.2, -0.15) is 0 Å². The molecule has 92 valence electrons. The standard InChI is InChI=1S/C13H15Br2NO/c14-9-13(6-1-7-13)16-12(17)8-10-2-4-11(15)5-3-10/h2-5H,1,6-9H2,(H,16,17). The first-order valence-electron chi connectivity index (χ1n) is 5.75. The van der Waals surface area contributed by atoms with Gasteiger partial charge < -0.3 is 5.32 Å². The molecule has 1 N–H and O–H groups in total. The Balaban J connectivity index is 1.91. The Morgan fingerprint density at radius 1 is 1.29 bits per heavy atom. The Morgan fingerprint density at radius 3 is 2.41 bits per heavy atom. The molecule has 0 aromatic heterocycles. The van der Waals surface area contributed by atoms with Crippen molar-refractivity contribution in [3.05, 3.63) is 34.3 Å². The zero-order chi connectivity index (χ0) is 12.3. The van der Waals surface area contributed by atoms with Crippen molar-refractivity contribution in [2.24, 2.45) is 0 Å². The Kier molecular flexibility index (Phi) is 4.26. The highest BCUT2D eigenvalue weighted by molar-refractivity contribution is 9.10. The molecule has 1 fully saturated rings. The van der Waals surface area contributed by atoms with Gasteiger partial charge in [-0.3, -0.25) is 4.79 Å². The molecular weight excluding hydrogens is 346 g/mol. The molecule has 0 aliphatic heterocycles. The maximum atomic E-state index is 11.9. The van der Waals surface area contributed by atoms with Gasteiger partial charge >= 0.3 is 0 Å². The highest BCUT2D eigenvalue weighted by atomic mass is 79.9. The van der Waals surface area contributed by atoms with E-state index < -0.39 is 0 Å². The largest absolute Gasteiger partial charge is 0.350 e. The molecule has 2 rings (SSSR count). The summed E-state index contributed by atoms with van der Waals surface area (Å²) in [6.07, 6.45) is 3.85. The quantitative estimate of drug-likeness (QED) is 0.819. The topological polar surface area (TPSA) is 29.1 Å². The van der Waals surface area contributed by atoms with Crippen LogP contribution in [0, 0.1) is 0 Å². The molecule has 0 heterocycles. The first kappa shape index (κ1) is 13.1. The lowest BCUT2D eigenvalue weighted by atomic mass is 9.78. The Hall–Kier alpha value is -0.350. The van der Waals surface area contributed by atoms with Gasteiger partial charge in [-0.15, -0.1) is 0 Å². The second-order valence-corrected chi connectivity index (χ2v) is 6.10. The van der Waals surface area contributed by atoms with E-state index in [1.54, 1.807) is 0 Å². The smallest absolute Gasteiger partial charge is 0.224 e. The van der Waals surface area contributed by atoms with Gasteiger partial charge in [0.1, 0.15) is 0 Å². The van der Waals surface area contributed by atoms with Gasteiger partial charge in [0, 0.05) is 15.3 Å². The van der Waals surface area contributed by atoms with Crippen LogP contribution in [0.5, 0.6) is 0 Å². The molecule has 17 heavy (non-hydrogen) atoms. The third-order valence-corrected chi connectivity index (χ3v) is 4.85. The second-order valence-electron chi connectivity index (χ2n) is 4.62. The zero-order valence-corrected chi connectivity index (χ0v) is 12.7. The van der Waals surface area contributed by atoms with Gasteiger partial charge in [0.25, 0.3) is 0 Å². The Bertz CT molecular complexity index is 393. The molecule has 1 aromatic carbocycles. The normalized spacial score (nSPS) is 17.3. The molecule has 1 aliphatic rings. The van der Waals surface area contributed by atoms with Gasteiger partial charge in [0.15, 0.2) is 0 Å². The monoisotopic (exact) mass is 359 g/mol. The molecule has 0 radical (unpaired) electrons. The van der Waals surface area contributed by atoms with Crippen LogP contribution >= 0.6 is 31.9 Å². The molecule has 2 nitrogen and oxygen atoms in total. The Morgan fingerprint density at radius 2 is 1.94 bits per heavy atom. The summed E-state index contributed by atoms with van der Waals surface area (Å²) in [6.45, 7) is 0. The van der Waals surface area contributed by atoms with Crippen molar-refractivity contribution >= 4 is 37.8 Å². The third-order valence-electron chi connectivity index (χ3n) is 3.25. The molecule has 0 atom stereocenters. The van der Waals surface area contributed by atoms with Crippen molar-refractivity contribution in [3.8, 4) is 0 Å². The minimum absolute atomic E-state index is 0.0203. The number of carbonyl (C=O) groups is 1. The van der Waals surface area contributed by atoms with Crippen molar-refractivity contribution in [2.75, 3.05) is 5.33 Å². The molecule has 1 saturated carbocycles. The number of rotatable bonds is 4. The van der Waals surface area contributed by atoms with Crippen LogP contribution in [0.25, 0.3) is 0 Å². The number of hydrogen-bond acceptors (Lipinski definition) is 1. The summed E-state index contributed by atoms with van der Waals surface area (Å²) >= 11 is 6.87. The van der Waals surface area contributed by atoms with E-state index in [-0.39, 0.29) is 11.4 Å². The van der Waals surface area contributed by atoms with Gasteiger partial charge in [0.05, 0.1) is 6.42 Å². The van der Waals surface area contributed by atoms with Crippen LogP contribution in [0.3, 0.4) is 0 Å². The molecule has 0 bridgehead atoms. The summed E-state index contributed by atoms with van der Waals surface area (Å²) < 4.78 is 1.04. The number of nitrogens with one attached hydrogen (secondary N) is 1. The first-order valence-corrected chi connectivity index (χ1v) is 7.66. The van der Waals surface area contributed by atoms with E-state index in [0.29, 0.717) is 6.42 Å². The first-order chi connectivity index (χ1) is 8.13. The fourth-order valence-electron chi connectivity index (χ4n) is 2.02. The number of alkyl halides is 1. The van der Waals surface area contributed by atoms with Crippen LogP contribution in [-0.4, -0.2) is 16.8 Å². The molecule has 0 spiro atoms. The van der Waals surface area contributed by atoms with Gasteiger partial charge in [0.2, 0.25) is 5.91 Å². The molecular formula is C13H15Br2NO. The van der Waals surface area contributed by atoms with E-state index in [1.807, 2.05) is 24.3 Å². The number of benzene rings is 1. The minimum atomic E-state index is 0.0203. The summed E-state index contributed by atoms with van der Waals surface area (Å²) in [5.41, 5.74) is 1.07. The van der Waals surface area contributed by atoms with Gasteiger partial charge in [-0.05, 0) is 37.0 Å². The van der Waals surface area contributed by atoms with Crippen LogP contribution in [0.15, 0.2) is 28.7 Å². The molecule has 1 aromatic rings. The van der Waals surface area contributed by atoms with Crippen LogP contribution in [0.4, 0.5) is 0 Å². The molecule has 4 heteroatoms. The average molecular weight is 361 g/mol. The number of halogens is 2. The molecule has 1 aliphatic carbocycles. The maximum absolute atomic E-state index is 11.9. The average Bonchev–Trinajstić information content (AvgIpc) is 2.27. The van der Waals surface area contributed by atoms with Crippen molar-refractivity contribution in [1.82, 2.24) is 5.32 Å². The molecule has 1 amide bonds. The van der Waals surface area contributed by atoms with Gasteiger partial charge in [-0.25, -0.2) is 0 Å². The maximum Gasteiger partial charge on any atom is 0.224 e. The third kappa shape index (κ3) is 3.32. The van der Waals surface area contributed by atoms with Crippen molar-refractivity contribution in [3.63, 3.8) is 0 Å². The van der Waals surface area contributed by atoms with E-state index in [1.165, 1.54) is 6.42 Å². The summed E-state index contributed by atoms with van der Waals surface area (Å²) in [6, 6.07) is 7.88. The van der Waals surface area contributed by atoms with Gasteiger partial charge in [-0.1, -0.05) is 44.0 Å². The van der Waals surface area contributed by atoms with Crippen LogP contribution in [-0.2, 0) is 11.2 Å². The minimum Gasteiger partial charge on any atom is -0.350 e. The van der Waals surface area contributed by atoms with Crippen molar-refractivity contribution in [2.45, 2.75) is 31.2 Å². The van der Waals surface area contributed by atoms with Crippen molar-refractivity contribution < 1.29 is 4.79 Å². The summed E-state index contributed by atoms with van der Waals surface area (Å²) in [5.74, 6) is 0.117. The zero-order valence-electron chi connectivity index (χ0n) is 9.51. The predicted molar refractivity (Wildman–Crippen MR) is 76.4 cm³/mol. The lowest BCUT2D eigenvalue weighted by molar-refractivity contribution is -0.123. The number of amides is 1. The Labute approximate surface area is 118 Å². The molecule has 0 unspecified atom stereocenters. The molecule has 0 saturated heterocycles. The van der Waals surface area contributed by atoms with E-state index in [2.05, 4.69) is 37.2 Å². The van der Waals surface area contributed by atoms with Crippen LogP contribution in [0.1, 0.15) is 24.8 Å². The lowest BCUT2D eigenvalue weighted by Crippen LogP contribution is -2.55. The summed E-state index contributed by atoms with van der Waals surface area (Å²) in [7, 11) is 0. The van der Waals surface area contributed by atoms with Crippen LogP contribution in [0.2, 0.25) is 0 Å². The predicted octanol–water partition coefficient (Wildman–Crippen LogP) is 3.43. The highest BCUT2D eigenvalue weighted by Crippen LogP contribution is 2.33. The van der Waals surface area contributed by atoms with Crippen molar-refractivity contribution in [1.29, 1.82) is 0 Å². The highest BCUT2D eigenvalue weighted by Gasteiger charge is 2.36. The fourth-order valence-corrected chi connectivity index (χ4v) is 2.99. The summed E-state index contributed by atoms with van der Waals surface area (Å²) in [4.78, 5) is 11.9. The lowest BCUT2D eigenvalue weighted by Gasteiger charge is -2.41. The second kappa shape index (κ2) is 5.53.